The van der Waals surface area contributed by atoms with E-state index in [2.05, 4.69) is 10.6 Å². The summed E-state index contributed by atoms with van der Waals surface area (Å²) in [6.45, 7) is 9.15. The number of benzene rings is 1. The number of methoxy groups -OCH3 is 1. The van der Waals surface area contributed by atoms with Crippen LogP contribution in [0.15, 0.2) is 18.2 Å². The van der Waals surface area contributed by atoms with Crippen LogP contribution < -0.4 is 10.6 Å². The normalized spacial score (nSPS) is 13.8. The number of hydrogen-bond acceptors (Lipinski definition) is 4. The van der Waals surface area contributed by atoms with Gasteiger partial charge in [0.1, 0.15) is 17.7 Å². The number of rotatable bonds is 7. The van der Waals surface area contributed by atoms with Gasteiger partial charge in [0.15, 0.2) is 0 Å². The third kappa shape index (κ3) is 7.95. The largest absolute Gasteiger partial charge is 0.444 e. The summed E-state index contributed by atoms with van der Waals surface area (Å²) in [5, 5.41) is 6.39. The lowest BCUT2D eigenvalue weighted by Gasteiger charge is -2.26. The summed E-state index contributed by atoms with van der Waals surface area (Å²) in [5.41, 5.74) is 0.0687. The fourth-order valence-corrected chi connectivity index (χ4v) is 2.89. The van der Waals surface area contributed by atoms with Gasteiger partial charge in [-0.2, -0.15) is 0 Å². The third-order valence-electron chi connectivity index (χ3n) is 3.68. The van der Waals surface area contributed by atoms with Gasteiger partial charge in [0.2, 0.25) is 5.91 Å². The number of alkyl carbamates (subject to hydrolysis) is 1. The number of amides is 2. The number of ether oxygens (including phenoxy) is 2. The van der Waals surface area contributed by atoms with Gasteiger partial charge >= 0.3 is 6.09 Å². The van der Waals surface area contributed by atoms with Crippen LogP contribution in [0.25, 0.3) is 0 Å². The quantitative estimate of drug-likeness (QED) is 0.689. The van der Waals surface area contributed by atoms with E-state index in [9.17, 15) is 9.59 Å². The van der Waals surface area contributed by atoms with E-state index in [1.165, 1.54) is 7.11 Å². The highest BCUT2D eigenvalue weighted by Gasteiger charge is 2.27. The Bertz CT molecular complexity index is 660. The van der Waals surface area contributed by atoms with Crippen LogP contribution in [0.1, 0.15) is 46.3 Å². The molecule has 1 aromatic rings. The Hall–Kier alpha value is -1.50. The Morgan fingerprint density at radius 2 is 1.81 bits per heavy atom. The maximum Gasteiger partial charge on any atom is 0.408 e. The van der Waals surface area contributed by atoms with E-state index < -0.39 is 23.8 Å². The predicted molar refractivity (Wildman–Crippen MR) is 107 cm³/mol. The van der Waals surface area contributed by atoms with Crippen molar-refractivity contribution in [2.24, 2.45) is 5.92 Å². The van der Waals surface area contributed by atoms with Gasteiger partial charge in [-0.05, 0) is 38.8 Å². The molecule has 0 aromatic heterocycles. The third-order valence-corrected chi connectivity index (χ3v) is 4.24. The lowest BCUT2D eigenvalue weighted by Crippen LogP contribution is -2.51. The highest BCUT2D eigenvalue weighted by molar-refractivity contribution is 6.35. The van der Waals surface area contributed by atoms with E-state index in [0.717, 1.165) is 0 Å². The number of halogens is 2. The highest BCUT2D eigenvalue weighted by Crippen LogP contribution is 2.27. The molecule has 0 bridgehead atoms. The first kappa shape index (κ1) is 23.5. The molecule has 152 valence electrons. The molecule has 0 aliphatic rings. The smallest absolute Gasteiger partial charge is 0.408 e. The van der Waals surface area contributed by atoms with Gasteiger partial charge in [0.25, 0.3) is 0 Å². The monoisotopic (exact) mass is 418 g/mol. The first-order valence-electron chi connectivity index (χ1n) is 8.69. The molecule has 2 N–H and O–H groups in total. The second-order valence-corrected chi connectivity index (χ2v) is 8.35. The lowest BCUT2D eigenvalue weighted by molar-refractivity contribution is -0.124. The van der Waals surface area contributed by atoms with Crippen LogP contribution in [0.2, 0.25) is 10.0 Å². The Balaban J connectivity index is 2.76. The van der Waals surface area contributed by atoms with Crippen molar-refractivity contribution < 1.29 is 19.1 Å². The molecule has 6 nitrogen and oxygen atoms in total. The number of carbonyl (C=O) groups excluding carboxylic acids is 2. The molecule has 0 aliphatic carbocycles. The van der Waals surface area contributed by atoms with E-state index in [0.29, 0.717) is 15.6 Å². The fourth-order valence-electron chi connectivity index (χ4n) is 2.36. The molecule has 0 fully saturated rings. The molecule has 1 aromatic carbocycles. The number of carbonyl (C=O) groups is 2. The summed E-state index contributed by atoms with van der Waals surface area (Å²) in [4.78, 5) is 24.6. The second-order valence-electron chi connectivity index (χ2n) is 7.50. The molecule has 27 heavy (non-hydrogen) atoms. The fraction of sp³-hybridized carbons (Fsp3) is 0.579. The van der Waals surface area contributed by atoms with Crippen LogP contribution in [0.4, 0.5) is 4.79 Å². The number of hydrogen-bond donors (Lipinski definition) is 2. The summed E-state index contributed by atoms with van der Waals surface area (Å²) in [5.74, 6) is -0.458. The summed E-state index contributed by atoms with van der Waals surface area (Å²) >= 11 is 12.1. The minimum absolute atomic E-state index is 0.127. The molecule has 2 atom stereocenters. The standard InChI is InChI=1S/C19H28Cl2N2O4/c1-11(2)16(23-18(25)27-19(3,4)5)17(24)22-10-15(26-6)13-8-7-12(20)9-14(13)21/h7-9,11,15-16H,10H2,1-6H3,(H,22,24)(H,23,25). The van der Waals surface area contributed by atoms with Crippen molar-refractivity contribution in [1.82, 2.24) is 10.6 Å². The van der Waals surface area contributed by atoms with Crippen LogP contribution in [-0.2, 0) is 14.3 Å². The van der Waals surface area contributed by atoms with E-state index in [1.807, 2.05) is 13.8 Å². The predicted octanol–water partition coefficient (Wildman–Crippen LogP) is 4.35. The van der Waals surface area contributed by atoms with Crippen molar-refractivity contribution in [2.75, 3.05) is 13.7 Å². The molecule has 0 heterocycles. The highest BCUT2D eigenvalue weighted by atomic mass is 35.5. The van der Waals surface area contributed by atoms with Gasteiger partial charge < -0.3 is 20.1 Å². The van der Waals surface area contributed by atoms with Crippen molar-refractivity contribution in [3.63, 3.8) is 0 Å². The van der Waals surface area contributed by atoms with Gasteiger partial charge in [-0.3, -0.25) is 4.79 Å². The average Bonchev–Trinajstić information content (AvgIpc) is 2.52. The summed E-state index contributed by atoms with van der Waals surface area (Å²) in [7, 11) is 1.53. The summed E-state index contributed by atoms with van der Waals surface area (Å²) < 4.78 is 10.7. The molecular weight excluding hydrogens is 391 g/mol. The van der Waals surface area contributed by atoms with E-state index in [4.69, 9.17) is 32.7 Å². The van der Waals surface area contributed by atoms with Crippen LogP contribution in [0.3, 0.4) is 0 Å². The van der Waals surface area contributed by atoms with E-state index in [-0.39, 0.29) is 18.4 Å². The molecule has 2 amide bonds. The summed E-state index contributed by atoms with van der Waals surface area (Å²) in [6.07, 6.45) is -1.09. The van der Waals surface area contributed by atoms with Crippen molar-refractivity contribution >= 4 is 35.2 Å². The van der Waals surface area contributed by atoms with E-state index in [1.54, 1.807) is 39.0 Å². The summed E-state index contributed by atoms with van der Waals surface area (Å²) in [6, 6.07) is 4.34. The Morgan fingerprint density at radius 1 is 1.19 bits per heavy atom. The van der Waals surface area contributed by atoms with Gasteiger partial charge in [-0.1, -0.05) is 43.1 Å². The molecular formula is C19H28Cl2N2O4. The Labute approximate surface area is 170 Å². The minimum Gasteiger partial charge on any atom is -0.444 e. The van der Waals surface area contributed by atoms with Crippen molar-refractivity contribution in [2.45, 2.75) is 52.4 Å². The van der Waals surface area contributed by atoms with Gasteiger partial charge in [0.05, 0.1) is 0 Å². The average molecular weight is 419 g/mol. The SMILES string of the molecule is COC(CNC(=O)C(NC(=O)OC(C)(C)C)C(C)C)c1ccc(Cl)cc1Cl. The van der Waals surface area contributed by atoms with Gasteiger partial charge in [-0.25, -0.2) is 4.79 Å². The van der Waals surface area contributed by atoms with Crippen LogP contribution in [-0.4, -0.2) is 37.3 Å². The van der Waals surface area contributed by atoms with Crippen molar-refractivity contribution in [3.05, 3.63) is 33.8 Å². The maximum absolute atomic E-state index is 12.6. The van der Waals surface area contributed by atoms with Crippen LogP contribution in [0, 0.1) is 5.92 Å². The molecule has 1 rings (SSSR count). The molecule has 0 radical (unpaired) electrons. The Morgan fingerprint density at radius 3 is 2.30 bits per heavy atom. The van der Waals surface area contributed by atoms with E-state index >= 15 is 0 Å². The molecule has 0 spiro atoms. The first-order chi connectivity index (χ1) is 12.4. The van der Waals surface area contributed by atoms with Crippen molar-refractivity contribution in [1.29, 1.82) is 0 Å². The zero-order chi connectivity index (χ0) is 20.8. The zero-order valence-corrected chi connectivity index (χ0v) is 18.1. The van der Waals surface area contributed by atoms with Crippen LogP contribution >= 0.6 is 23.2 Å². The topological polar surface area (TPSA) is 76.7 Å². The lowest BCUT2D eigenvalue weighted by atomic mass is 10.0. The minimum atomic E-state index is -0.738. The molecule has 0 saturated heterocycles. The Kier molecular flexibility index (Phi) is 8.85. The maximum atomic E-state index is 12.6. The van der Waals surface area contributed by atoms with Gasteiger partial charge in [0, 0.05) is 29.3 Å². The molecule has 2 unspecified atom stereocenters. The second kappa shape index (κ2) is 10.2. The van der Waals surface area contributed by atoms with Crippen molar-refractivity contribution in [3.8, 4) is 0 Å². The van der Waals surface area contributed by atoms with Crippen LogP contribution in [0.5, 0.6) is 0 Å². The first-order valence-corrected chi connectivity index (χ1v) is 9.45. The zero-order valence-electron chi connectivity index (χ0n) is 16.6. The molecule has 0 saturated carbocycles. The molecule has 8 heteroatoms. The molecule has 0 aliphatic heterocycles. The number of nitrogens with one attached hydrogen (secondary N) is 2. The van der Waals surface area contributed by atoms with Gasteiger partial charge in [-0.15, -0.1) is 0 Å².